The summed E-state index contributed by atoms with van der Waals surface area (Å²) in [5, 5.41) is 0. The van der Waals surface area contributed by atoms with Gasteiger partial charge in [-0.1, -0.05) is 13.8 Å². The highest BCUT2D eigenvalue weighted by molar-refractivity contribution is 5.83. The third kappa shape index (κ3) is 2.68. The van der Waals surface area contributed by atoms with E-state index in [2.05, 4.69) is 13.8 Å². The molecule has 1 saturated heterocycles. The van der Waals surface area contributed by atoms with Gasteiger partial charge in [0.1, 0.15) is 0 Å². The zero-order valence-corrected chi connectivity index (χ0v) is 11.6. The number of carbonyl (C=O) groups is 2. The number of amides is 1. The van der Waals surface area contributed by atoms with Gasteiger partial charge in [0.15, 0.2) is 0 Å². The molecule has 0 bridgehead atoms. The fraction of sp³-hybridized carbons (Fsp3) is 0.857. The molecule has 0 aromatic rings. The van der Waals surface area contributed by atoms with Crippen LogP contribution >= 0.6 is 0 Å². The van der Waals surface area contributed by atoms with Crippen LogP contribution in [0, 0.1) is 17.3 Å². The summed E-state index contributed by atoms with van der Waals surface area (Å²) in [7, 11) is 0. The highest BCUT2D eigenvalue weighted by atomic mass is 16.5. The van der Waals surface area contributed by atoms with Gasteiger partial charge >= 0.3 is 5.97 Å². The molecule has 1 aliphatic carbocycles. The first-order valence-corrected chi connectivity index (χ1v) is 6.91. The number of nitrogens with zero attached hydrogens (tertiary/aromatic N) is 1. The van der Waals surface area contributed by atoms with Crippen LogP contribution < -0.4 is 0 Å². The summed E-state index contributed by atoms with van der Waals surface area (Å²) in [4.78, 5) is 25.9. The van der Waals surface area contributed by atoms with Gasteiger partial charge < -0.3 is 9.64 Å². The summed E-state index contributed by atoms with van der Waals surface area (Å²) >= 11 is 0. The Labute approximate surface area is 109 Å². The van der Waals surface area contributed by atoms with Crippen LogP contribution in [0.2, 0.25) is 0 Å². The van der Waals surface area contributed by atoms with Crippen LogP contribution in [0.5, 0.6) is 0 Å². The molecule has 0 N–H and O–H groups in total. The molecule has 0 radical (unpaired) electrons. The van der Waals surface area contributed by atoms with E-state index in [1.165, 1.54) is 0 Å². The molecule has 2 fully saturated rings. The first kappa shape index (κ1) is 13.4. The van der Waals surface area contributed by atoms with Crippen LogP contribution in [-0.4, -0.2) is 36.5 Å². The van der Waals surface area contributed by atoms with Gasteiger partial charge in [0.25, 0.3) is 0 Å². The number of hydrogen-bond acceptors (Lipinski definition) is 3. The lowest BCUT2D eigenvalue weighted by molar-refractivity contribution is -0.151. The normalized spacial score (nSPS) is 29.8. The van der Waals surface area contributed by atoms with Crippen LogP contribution in [0.3, 0.4) is 0 Å². The minimum absolute atomic E-state index is 0.121. The van der Waals surface area contributed by atoms with E-state index in [1.807, 2.05) is 11.8 Å². The van der Waals surface area contributed by atoms with Crippen LogP contribution in [0.1, 0.15) is 40.0 Å². The molecule has 1 heterocycles. The third-order valence-electron chi connectivity index (χ3n) is 4.16. The molecule has 4 heteroatoms. The molecule has 1 unspecified atom stereocenters. The monoisotopic (exact) mass is 253 g/mol. The Morgan fingerprint density at radius 3 is 2.61 bits per heavy atom. The van der Waals surface area contributed by atoms with Gasteiger partial charge in [0.2, 0.25) is 5.91 Å². The fourth-order valence-electron chi connectivity index (χ4n) is 2.74. The number of ether oxygens (including phenoxy) is 1. The average molecular weight is 253 g/mol. The molecule has 2 aliphatic rings. The summed E-state index contributed by atoms with van der Waals surface area (Å²) in [6.45, 7) is 7.82. The standard InChI is InChI=1S/C14H23NO3/c1-4-18-13(17)10-6-5-7-15(9-10)12(16)11-8-14(11,2)3/h10-11H,4-9H2,1-3H3/t10-,11?/m1/s1. The molecule has 1 saturated carbocycles. The van der Waals surface area contributed by atoms with Crippen molar-refractivity contribution in [1.82, 2.24) is 4.90 Å². The van der Waals surface area contributed by atoms with E-state index >= 15 is 0 Å². The van der Waals surface area contributed by atoms with Crippen molar-refractivity contribution in [3.05, 3.63) is 0 Å². The Hall–Kier alpha value is -1.06. The quantitative estimate of drug-likeness (QED) is 0.721. The molecule has 102 valence electrons. The predicted molar refractivity (Wildman–Crippen MR) is 67.8 cm³/mol. The lowest BCUT2D eigenvalue weighted by Gasteiger charge is -2.32. The minimum atomic E-state index is -0.148. The molecule has 18 heavy (non-hydrogen) atoms. The summed E-state index contributed by atoms with van der Waals surface area (Å²) in [6.07, 6.45) is 2.73. The highest BCUT2D eigenvalue weighted by Gasteiger charge is 2.52. The largest absolute Gasteiger partial charge is 0.466 e. The Morgan fingerprint density at radius 2 is 2.06 bits per heavy atom. The van der Waals surface area contributed by atoms with Gasteiger partial charge in [0.05, 0.1) is 12.5 Å². The van der Waals surface area contributed by atoms with Crippen molar-refractivity contribution in [2.45, 2.75) is 40.0 Å². The minimum Gasteiger partial charge on any atom is -0.466 e. The maximum atomic E-state index is 12.3. The van der Waals surface area contributed by atoms with Crippen molar-refractivity contribution in [1.29, 1.82) is 0 Å². The zero-order valence-electron chi connectivity index (χ0n) is 11.6. The molecule has 1 amide bonds. The summed E-state index contributed by atoms with van der Waals surface area (Å²) in [5.74, 6) is 0.127. The van der Waals surface area contributed by atoms with Crippen molar-refractivity contribution in [2.75, 3.05) is 19.7 Å². The van der Waals surface area contributed by atoms with Crippen LogP contribution in [0.25, 0.3) is 0 Å². The Morgan fingerprint density at radius 1 is 1.39 bits per heavy atom. The number of piperidine rings is 1. The van der Waals surface area contributed by atoms with E-state index in [4.69, 9.17) is 4.74 Å². The Kier molecular flexibility index (Phi) is 3.64. The van der Waals surface area contributed by atoms with Gasteiger partial charge in [0, 0.05) is 19.0 Å². The molecular formula is C14H23NO3. The van der Waals surface area contributed by atoms with Crippen molar-refractivity contribution in [3.63, 3.8) is 0 Å². The number of esters is 1. The fourth-order valence-corrected chi connectivity index (χ4v) is 2.74. The van der Waals surface area contributed by atoms with E-state index < -0.39 is 0 Å². The summed E-state index contributed by atoms with van der Waals surface area (Å²) in [6, 6.07) is 0. The molecule has 4 nitrogen and oxygen atoms in total. The van der Waals surface area contributed by atoms with Crippen molar-refractivity contribution < 1.29 is 14.3 Å². The lowest BCUT2D eigenvalue weighted by Crippen LogP contribution is -2.43. The van der Waals surface area contributed by atoms with Gasteiger partial charge in [-0.05, 0) is 31.6 Å². The first-order chi connectivity index (χ1) is 8.45. The second-order valence-electron chi connectivity index (χ2n) is 6.12. The van der Waals surface area contributed by atoms with Crippen molar-refractivity contribution in [2.24, 2.45) is 17.3 Å². The molecule has 0 aromatic carbocycles. The zero-order chi connectivity index (χ0) is 13.3. The number of hydrogen-bond donors (Lipinski definition) is 0. The summed E-state index contributed by atoms with van der Waals surface area (Å²) < 4.78 is 5.05. The van der Waals surface area contributed by atoms with Crippen molar-refractivity contribution >= 4 is 11.9 Å². The Bertz CT molecular complexity index is 351. The maximum absolute atomic E-state index is 12.3. The van der Waals surface area contributed by atoms with E-state index in [9.17, 15) is 9.59 Å². The Balaban J connectivity index is 1.91. The lowest BCUT2D eigenvalue weighted by atomic mass is 9.97. The highest BCUT2D eigenvalue weighted by Crippen LogP contribution is 2.52. The molecule has 2 atom stereocenters. The number of carbonyl (C=O) groups excluding carboxylic acids is 2. The maximum Gasteiger partial charge on any atom is 0.310 e. The molecule has 0 spiro atoms. The SMILES string of the molecule is CCOC(=O)[C@@H]1CCCN(C(=O)C2CC2(C)C)C1. The average Bonchev–Trinajstić information content (AvgIpc) is 2.98. The van der Waals surface area contributed by atoms with Gasteiger partial charge in [-0.3, -0.25) is 9.59 Å². The van der Waals surface area contributed by atoms with E-state index in [0.29, 0.717) is 13.2 Å². The van der Waals surface area contributed by atoms with Gasteiger partial charge in [-0.2, -0.15) is 0 Å². The number of likely N-dealkylation sites (tertiary alicyclic amines) is 1. The van der Waals surface area contributed by atoms with Gasteiger partial charge in [-0.25, -0.2) is 0 Å². The smallest absolute Gasteiger partial charge is 0.310 e. The second-order valence-corrected chi connectivity index (χ2v) is 6.12. The number of rotatable bonds is 3. The van der Waals surface area contributed by atoms with Crippen LogP contribution in [0.4, 0.5) is 0 Å². The summed E-state index contributed by atoms with van der Waals surface area (Å²) in [5.41, 5.74) is 0.161. The van der Waals surface area contributed by atoms with E-state index in [0.717, 1.165) is 25.8 Å². The third-order valence-corrected chi connectivity index (χ3v) is 4.16. The van der Waals surface area contributed by atoms with Crippen LogP contribution in [-0.2, 0) is 14.3 Å². The predicted octanol–water partition coefficient (Wildman–Crippen LogP) is 1.83. The topological polar surface area (TPSA) is 46.6 Å². The second kappa shape index (κ2) is 4.90. The van der Waals surface area contributed by atoms with Crippen molar-refractivity contribution in [3.8, 4) is 0 Å². The van der Waals surface area contributed by atoms with Crippen LogP contribution in [0.15, 0.2) is 0 Å². The molecule has 2 rings (SSSR count). The molecule has 0 aromatic heterocycles. The van der Waals surface area contributed by atoms with E-state index in [1.54, 1.807) is 0 Å². The molecule has 1 aliphatic heterocycles. The molecular weight excluding hydrogens is 230 g/mol. The van der Waals surface area contributed by atoms with Gasteiger partial charge in [-0.15, -0.1) is 0 Å². The first-order valence-electron chi connectivity index (χ1n) is 6.91. The van der Waals surface area contributed by atoms with E-state index in [-0.39, 0.29) is 29.1 Å².